The smallest absolute Gasteiger partial charge is 0.260 e. The lowest BCUT2D eigenvalue weighted by molar-refractivity contribution is -0.141. The molecule has 1 atom stereocenters. The molecule has 3 rings (SSSR count). The maximum Gasteiger partial charge on any atom is 0.260 e. The second-order valence-electron chi connectivity index (χ2n) is 6.65. The molecular formula is C19H28ClN3O3. The highest BCUT2D eigenvalue weighted by Gasteiger charge is 2.31. The van der Waals surface area contributed by atoms with E-state index in [-0.39, 0.29) is 36.9 Å². The van der Waals surface area contributed by atoms with Gasteiger partial charge in [-0.2, -0.15) is 0 Å². The Kier molecular flexibility index (Phi) is 7.72. The topological polar surface area (TPSA) is 61.9 Å². The molecule has 2 saturated heterocycles. The van der Waals surface area contributed by atoms with E-state index >= 15 is 0 Å². The van der Waals surface area contributed by atoms with Crippen molar-refractivity contribution in [3.05, 3.63) is 29.8 Å². The van der Waals surface area contributed by atoms with Gasteiger partial charge in [0.25, 0.3) is 5.91 Å². The minimum absolute atomic E-state index is 0. The molecule has 0 spiro atoms. The molecule has 144 valence electrons. The fraction of sp³-hybridized carbons (Fsp3) is 0.579. The molecule has 26 heavy (non-hydrogen) atoms. The lowest BCUT2D eigenvalue weighted by atomic mass is 10.0. The Bertz CT molecular complexity index is 626. The third-order valence-electron chi connectivity index (χ3n) is 5.02. The number of para-hydroxylation sites is 1. The maximum atomic E-state index is 12.6. The van der Waals surface area contributed by atoms with Crippen LogP contribution in [0.1, 0.15) is 25.3 Å². The summed E-state index contributed by atoms with van der Waals surface area (Å²) >= 11 is 0. The van der Waals surface area contributed by atoms with Gasteiger partial charge in [0.05, 0.1) is 6.54 Å². The molecule has 2 fully saturated rings. The number of aryl methyl sites for hydroxylation is 1. The van der Waals surface area contributed by atoms with Gasteiger partial charge in [-0.1, -0.05) is 25.1 Å². The van der Waals surface area contributed by atoms with Gasteiger partial charge in [-0.05, 0) is 30.9 Å². The molecule has 2 aliphatic heterocycles. The number of hydrogen-bond acceptors (Lipinski definition) is 4. The predicted octanol–water partition coefficient (Wildman–Crippen LogP) is 1.47. The quantitative estimate of drug-likeness (QED) is 0.839. The number of piperidine rings is 1. The first-order valence-electron chi connectivity index (χ1n) is 9.17. The number of amides is 2. The van der Waals surface area contributed by atoms with Gasteiger partial charge >= 0.3 is 0 Å². The number of benzene rings is 1. The molecule has 1 aromatic carbocycles. The Morgan fingerprint density at radius 2 is 2.12 bits per heavy atom. The number of piperazine rings is 1. The Balaban J connectivity index is 0.00000243. The highest BCUT2D eigenvalue weighted by atomic mass is 35.5. The normalized spacial score (nSPS) is 20.5. The van der Waals surface area contributed by atoms with E-state index < -0.39 is 0 Å². The number of nitrogens with one attached hydrogen (secondary N) is 1. The van der Waals surface area contributed by atoms with Gasteiger partial charge in [-0.25, -0.2) is 0 Å². The van der Waals surface area contributed by atoms with Crippen molar-refractivity contribution in [1.29, 1.82) is 0 Å². The van der Waals surface area contributed by atoms with E-state index in [9.17, 15) is 9.59 Å². The highest BCUT2D eigenvalue weighted by molar-refractivity contribution is 5.85. The largest absolute Gasteiger partial charge is 0.483 e. The Hall–Kier alpha value is -1.79. The van der Waals surface area contributed by atoms with Crippen molar-refractivity contribution in [3.8, 4) is 5.75 Å². The van der Waals surface area contributed by atoms with Crippen LogP contribution >= 0.6 is 12.4 Å². The first-order chi connectivity index (χ1) is 12.2. The van der Waals surface area contributed by atoms with Crippen molar-refractivity contribution >= 4 is 24.2 Å². The molecule has 6 nitrogen and oxygen atoms in total. The summed E-state index contributed by atoms with van der Waals surface area (Å²) in [5, 5.41) is 3.10. The Morgan fingerprint density at radius 3 is 2.88 bits per heavy atom. The second-order valence-corrected chi connectivity index (χ2v) is 6.65. The van der Waals surface area contributed by atoms with Crippen molar-refractivity contribution in [2.45, 2.75) is 32.2 Å². The van der Waals surface area contributed by atoms with Gasteiger partial charge < -0.3 is 19.9 Å². The second kappa shape index (κ2) is 9.78. The van der Waals surface area contributed by atoms with Gasteiger partial charge in [0.1, 0.15) is 5.75 Å². The average Bonchev–Trinajstić information content (AvgIpc) is 2.66. The third kappa shape index (κ3) is 4.89. The molecule has 2 heterocycles. The number of carbonyl (C=O) groups excluding carboxylic acids is 2. The zero-order chi connectivity index (χ0) is 17.6. The zero-order valence-corrected chi connectivity index (χ0v) is 16.1. The van der Waals surface area contributed by atoms with Gasteiger partial charge in [0.2, 0.25) is 5.91 Å². The summed E-state index contributed by atoms with van der Waals surface area (Å²) in [6.45, 7) is 5.45. The standard InChI is InChI=1S/C19H27N3O3.ClH/c1-2-15-6-3-4-8-17(15)25-14-19(24)21-10-5-7-16(13-21)22-11-9-20-12-18(22)23;/h3-4,6,8,16,20H,2,5,7,9-14H2,1H3;1H. The summed E-state index contributed by atoms with van der Waals surface area (Å²) in [5.41, 5.74) is 1.11. The van der Waals surface area contributed by atoms with Crippen LogP contribution in [-0.4, -0.2) is 67.0 Å². The molecule has 1 aromatic rings. The Morgan fingerprint density at radius 1 is 1.31 bits per heavy atom. The van der Waals surface area contributed by atoms with Crippen LogP contribution in [-0.2, 0) is 16.0 Å². The number of ether oxygens (including phenoxy) is 1. The number of nitrogens with zero attached hydrogens (tertiary/aromatic N) is 2. The molecule has 0 bridgehead atoms. The van der Waals surface area contributed by atoms with Crippen molar-refractivity contribution in [2.24, 2.45) is 0 Å². The molecule has 7 heteroatoms. The van der Waals surface area contributed by atoms with Crippen LogP contribution in [0.5, 0.6) is 5.75 Å². The van der Waals surface area contributed by atoms with Crippen molar-refractivity contribution in [1.82, 2.24) is 15.1 Å². The van der Waals surface area contributed by atoms with Gasteiger partial charge in [-0.15, -0.1) is 12.4 Å². The number of halogens is 1. The summed E-state index contributed by atoms with van der Waals surface area (Å²) in [7, 11) is 0. The molecule has 2 aliphatic rings. The van der Waals surface area contributed by atoms with Gasteiger partial charge in [-0.3, -0.25) is 9.59 Å². The van der Waals surface area contributed by atoms with E-state index in [2.05, 4.69) is 12.2 Å². The summed E-state index contributed by atoms with van der Waals surface area (Å²) < 4.78 is 5.76. The fourth-order valence-electron chi connectivity index (χ4n) is 3.61. The highest BCUT2D eigenvalue weighted by Crippen LogP contribution is 2.20. The van der Waals surface area contributed by atoms with E-state index in [1.54, 1.807) is 0 Å². The number of carbonyl (C=O) groups is 2. The zero-order valence-electron chi connectivity index (χ0n) is 15.3. The predicted molar refractivity (Wildman–Crippen MR) is 103 cm³/mol. The third-order valence-corrected chi connectivity index (χ3v) is 5.02. The first-order valence-corrected chi connectivity index (χ1v) is 9.17. The molecule has 0 saturated carbocycles. The van der Waals surface area contributed by atoms with Crippen LogP contribution in [0.2, 0.25) is 0 Å². The van der Waals surface area contributed by atoms with Crippen LogP contribution in [0.15, 0.2) is 24.3 Å². The molecule has 0 aliphatic carbocycles. The molecule has 1 N–H and O–H groups in total. The number of hydrogen-bond donors (Lipinski definition) is 1. The summed E-state index contributed by atoms with van der Waals surface area (Å²) in [4.78, 5) is 28.4. The molecule has 0 aromatic heterocycles. The van der Waals surface area contributed by atoms with E-state index in [0.29, 0.717) is 13.1 Å². The van der Waals surface area contributed by atoms with Crippen molar-refractivity contribution < 1.29 is 14.3 Å². The lowest BCUT2D eigenvalue weighted by Crippen LogP contribution is -2.57. The van der Waals surface area contributed by atoms with E-state index in [1.165, 1.54) is 0 Å². The SMILES string of the molecule is CCc1ccccc1OCC(=O)N1CCCC(N2CCNCC2=O)C1.Cl. The van der Waals surface area contributed by atoms with Gasteiger partial charge in [0, 0.05) is 32.2 Å². The minimum Gasteiger partial charge on any atom is -0.483 e. The van der Waals surface area contributed by atoms with Crippen molar-refractivity contribution in [3.63, 3.8) is 0 Å². The van der Waals surface area contributed by atoms with Crippen molar-refractivity contribution in [2.75, 3.05) is 39.3 Å². The molecule has 0 radical (unpaired) electrons. The lowest BCUT2D eigenvalue weighted by Gasteiger charge is -2.41. The Labute approximate surface area is 161 Å². The van der Waals surface area contributed by atoms with E-state index in [0.717, 1.165) is 50.2 Å². The maximum absolute atomic E-state index is 12.6. The minimum atomic E-state index is -0.00168. The fourth-order valence-corrected chi connectivity index (χ4v) is 3.61. The van der Waals surface area contributed by atoms with Gasteiger partial charge in [0.15, 0.2) is 6.61 Å². The summed E-state index contributed by atoms with van der Waals surface area (Å²) in [5.74, 6) is 0.918. The van der Waals surface area contributed by atoms with Crippen LogP contribution in [0.4, 0.5) is 0 Å². The molecule has 2 amide bonds. The van der Waals surface area contributed by atoms with Crippen LogP contribution in [0.3, 0.4) is 0 Å². The first kappa shape index (κ1) is 20.5. The van der Waals surface area contributed by atoms with Crippen LogP contribution in [0, 0.1) is 0 Å². The van der Waals surface area contributed by atoms with Crippen LogP contribution < -0.4 is 10.1 Å². The van der Waals surface area contributed by atoms with E-state index in [1.807, 2.05) is 34.1 Å². The molecular weight excluding hydrogens is 354 g/mol. The number of likely N-dealkylation sites (tertiary alicyclic amines) is 1. The van der Waals surface area contributed by atoms with E-state index in [4.69, 9.17) is 4.74 Å². The number of rotatable bonds is 5. The molecule has 1 unspecified atom stereocenters. The van der Waals surface area contributed by atoms with Crippen LogP contribution in [0.25, 0.3) is 0 Å². The average molecular weight is 382 g/mol. The summed E-state index contributed by atoms with van der Waals surface area (Å²) in [6, 6.07) is 7.96. The monoisotopic (exact) mass is 381 g/mol. The summed E-state index contributed by atoms with van der Waals surface area (Å²) in [6.07, 6.45) is 2.77.